The van der Waals surface area contributed by atoms with Gasteiger partial charge in [0.05, 0.1) is 17.6 Å². The molecule has 0 radical (unpaired) electrons. The fourth-order valence-corrected chi connectivity index (χ4v) is 1.80. The lowest BCUT2D eigenvalue weighted by atomic mass is 10.00. The Labute approximate surface area is 118 Å². The van der Waals surface area contributed by atoms with Crippen LogP contribution in [-0.4, -0.2) is 17.1 Å². The summed E-state index contributed by atoms with van der Waals surface area (Å²) in [5.41, 5.74) is 6.25. The molecule has 0 aliphatic rings. The van der Waals surface area contributed by atoms with Gasteiger partial charge in [0.25, 0.3) is 5.69 Å². The van der Waals surface area contributed by atoms with E-state index in [9.17, 15) is 10.1 Å². The number of nitrogens with zero attached hydrogens (tertiary/aromatic N) is 2. The van der Waals surface area contributed by atoms with Crippen molar-refractivity contribution in [3.63, 3.8) is 0 Å². The van der Waals surface area contributed by atoms with Gasteiger partial charge in [0, 0.05) is 11.6 Å². The van der Waals surface area contributed by atoms with Gasteiger partial charge in [-0.2, -0.15) is 5.26 Å². The highest BCUT2D eigenvalue weighted by molar-refractivity contribution is 5.49. The number of hydrogen-bond donors (Lipinski definition) is 1. The zero-order valence-corrected chi connectivity index (χ0v) is 12.0. The molecule has 1 aromatic rings. The zero-order chi connectivity index (χ0) is 15.3. The third-order valence-corrected chi connectivity index (χ3v) is 3.04. The molecule has 0 aliphatic heterocycles. The van der Waals surface area contributed by atoms with Crippen LogP contribution in [0.1, 0.15) is 30.9 Å². The highest BCUT2D eigenvalue weighted by Crippen LogP contribution is 2.27. The first kappa shape index (κ1) is 15.9. The largest absolute Gasteiger partial charge is 0.493 e. The molecule has 0 saturated carbocycles. The van der Waals surface area contributed by atoms with Crippen molar-refractivity contribution in [2.45, 2.75) is 39.2 Å². The molecule has 0 saturated heterocycles. The maximum Gasteiger partial charge on any atom is 0.272 e. The van der Waals surface area contributed by atoms with Gasteiger partial charge in [0.15, 0.2) is 0 Å². The molecule has 108 valence electrons. The maximum atomic E-state index is 10.8. The van der Waals surface area contributed by atoms with Crippen LogP contribution in [0.2, 0.25) is 0 Å². The van der Waals surface area contributed by atoms with E-state index in [1.54, 1.807) is 26.8 Å². The molecular formula is C14H19N3O3. The lowest BCUT2D eigenvalue weighted by Gasteiger charge is -2.15. The van der Waals surface area contributed by atoms with Crippen LogP contribution in [0.5, 0.6) is 5.75 Å². The van der Waals surface area contributed by atoms with Gasteiger partial charge in [-0.05, 0) is 45.2 Å². The van der Waals surface area contributed by atoms with Crippen molar-refractivity contribution in [2.24, 2.45) is 5.73 Å². The number of rotatable bonds is 6. The van der Waals surface area contributed by atoms with E-state index in [-0.39, 0.29) is 5.69 Å². The molecule has 0 fully saturated rings. The monoisotopic (exact) mass is 277 g/mol. The Morgan fingerprint density at radius 1 is 1.45 bits per heavy atom. The topological polar surface area (TPSA) is 102 Å². The van der Waals surface area contributed by atoms with Crippen LogP contribution in [0.4, 0.5) is 5.69 Å². The van der Waals surface area contributed by atoms with Gasteiger partial charge in [0.1, 0.15) is 11.3 Å². The molecule has 6 nitrogen and oxygen atoms in total. The van der Waals surface area contributed by atoms with E-state index in [1.165, 1.54) is 6.07 Å². The van der Waals surface area contributed by atoms with Crippen molar-refractivity contribution in [1.82, 2.24) is 0 Å². The standard InChI is InChI=1S/C14H19N3O3/c1-10-8-13(11(2)7-12(10)17(18)19)20-6-4-5-14(3,16)9-15/h7-8H,4-6,16H2,1-3H3. The van der Waals surface area contributed by atoms with Crippen LogP contribution in [-0.2, 0) is 0 Å². The summed E-state index contributed by atoms with van der Waals surface area (Å²) in [5.74, 6) is 0.629. The van der Waals surface area contributed by atoms with Gasteiger partial charge in [-0.1, -0.05) is 0 Å². The van der Waals surface area contributed by atoms with Crippen molar-refractivity contribution in [3.8, 4) is 11.8 Å². The zero-order valence-electron chi connectivity index (χ0n) is 12.0. The molecule has 0 bridgehead atoms. The van der Waals surface area contributed by atoms with E-state index in [0.717, 1.165) is 5.56 Å². The fraction of sp³-hybridized carbons (Fsp3) is 0.500. The Bertz CT molecular complexity index is 547. The summed E-state index contributed by atoms with van der Waals surface area (Å²) >= 11 is 0. The van der Waals surface area contributed by atoms with Crippen molar-refractivity contribution >= 4 is 5.69 Å². The van der Waals surface area contributed by atoms with Gasteiger partial charge in [-0.3, -0.25) is 10.1 Å². The second kappa shape index (κ2) is 6.35. The molecule has 2 N–H and O–H groups in total. The minimum Gasteiger partial charge on any atom is -0.493 e. The Kier molecular flexibility index (Phi) is 5.06. The molecule has 6 heteroatoms. The third kappa shape index (κ3) is 4.21. The Morgan fingerprint density at radius 2 is 2.10 bits per heavy atom. The van der Waals surface area contributed by atoms with E-state index in [2.05, 4.69) is 0 Å². The summed E-state index contributed by atoms with van der Waals surface area (Å²) in [6, 6.07) is 5.20. The molecule has 0 amide bonds. The van der Waals surface area contributed by atoms with Crippen LogP contribution in [0.25, 0.3) is 0 Å². The third-order valence-electron chi connectivity index (χ3n) is 3.04. The van der Waals surface area contributed by atoms with E-state index in [1.807, 2.05) is 6.07 Å². The summed E-state index contributed by atoms with van der Waals surface area (Å²) < 4.78 is 5.60. The number of nitriles is 1. The lowest BCUT2D eigenvalue weighted by Crippen LogP contribution is -2.34. The minimum absolute atomic E-state index is 0.0915. The van der Waals surface area contributed by atoms with Gasteiger partial charge in [0.2, 0.25) is 0 Å². The summed E-state index contributed by atoms with van der Waals surface area (Å²) in [4.78, 5) is 10.4. The van der Waals surface area contributed by atoms with Crippen LogP contribution in [0.3, 0.4) is 0 Å². The summed E-state index contributed by atoms with van der Waals surface area (Å²) in [5, 5.41) is 19.6. The number of nitro groups is 1. The van der Waals surface area contributed by atoms with Crippen LogP contribution in [0, 0.1) is 35.3 Å². The van der Waals surface area contributed by atoms with Gasteiger partial charge < -0.3 is 10.5 Å². The van der Waals surface area contributed by atoms with E-state index < -0.39 is 10.5 Å². The fourth-order valence-electron chi connectivity index (χ4n) is 1.80. The number of nitrogens with two attached hydrogens (primary N) is 1. The molecule has 20 heavy (non-hydrogen) atoms. The smallest absolute Gasteiger partial charge is 0.272 e. The van der Waals surface area contributed by atoms with Gasteiger partial charge in [-0.15, -0.1) is 0 Å². The normalized spacial score (nSPS) is 13.3. The van der Waals surface area contributed by atoms with Crippen molar-refractivity contribution < 1.29 is 9.66 Å². The molecule has 0 aromatic heterocycles. The molecule has 1 unspecified atom stereocenters. The SMILES string of the molecule is Cc1cc([N+](=O)[O-])c(C)cc1OCCCC(C)(N)C#N. The van der Waals surface area contributed by atoms with Crippen molar-refractivity contribution in [1.29, 1.82) is 5.26 Å². The lowest BCUT2D eigenvalue weighted by molar-refractivity contribution is -0.385. The van der Waals surface area contributed by atoms with Crippen LogP contribution < -0.4 is 10.5 Å². The van der Waals surface area contributed by atoms with Crippen molar-refractivity contribution in [2.75, 3.05) is 6.61 Å². The van der Waals surface area contributed by atoms with Crippen molar-refractivity contribution in [3.05, 3.63) is 33.4 Å². The number of aryl methyl sites for hydroxylation is 2. The van der Waals surface area contributed by atoms with Crippen LogP contribution >= 0.6 is 0 Å². The first-order chi connectivity index (χ1) is 9.26. The summed E-state index contributed by atoms with van der Waals surface area (Å²) in [6.45, 7) is 5.54. The average molecular weight is 277 g/mol. The number of benzene rings is 1. The second-order valence-electron chi connectivity index (χ2n) is 5.14. The number of nitro benzene ring substituents is 1. The summed E-state index contributed by atoms with van der Waals surface area (Å²) in [7, 11) is 0. The molecule has 0 spiro atoms. The molecule has 0 heterocycles. The molecule has 0 aliphatic carbocycles. The first-order valence-electron chi connectivity index (χ1n) is 6.35. The first-order valence-corrected chi connectivity index (χ1v) is 6.35. The number of hydrogen-bond acceptors (Lipinski definition) is 5. The highest BCUT2D eigenvalue weighted by atomic mass is 16.6. The molecule has 1 aromatic carbocycles. The molecule has 1 rings (SSSR count). The van der Waals surface area contributed by atoms with Crippen LogP contribution in [0.15, 0.2) is 12.1 Å². The maximum absolute atomic E-state index is 10.8. The number of ether oxygens (including phenoxy) is 1. The Morgan fingerprint density at radius 3 is 2.65 bits per heavy atom. The predicted octanol–water partition coefficient (Wildman–Crippen LogP) is 2.61. The van der Waals surface area contributed by atoms with E-state index in [4.69, 9.17) is 15.7 Å². The molecule has 1 atom stereocenters. The van der Waals surface area contributed by atoms with Gasteiger partial charge >= 0.3 is 0 Å². The minimum atomic E-state index is -0.843. The average Bonchev–Trinajstić information content (AvgIpc) is 2.37. The Hall–Kier alpha value is -2.13. The second-order valence-corrected chi connectivity index (χ2v) is 5.14. The van der Waals surface area contributed by atoms with E-state index >= 15 is 0 Å². The summed E-state index contributed by atoms with van der Waals surface area (Å²) in [6.07, 6.45) is 1.19. The van der Waals surface area contributed by atoms with E-state index in [0.29, 0.717) is 30.8 Å². The van der Waals surface area contributed by atoms with Gasteiger partial charge in [-0.25, -0.2) is 0 Å². The Balaban J connectivity index is 2.64. The highest BCUT2D eigenvalue weighted by Gasteiger charge is 2.17. The quantitative estimate of drug-likeness (QED) is 0.489. The molecular weight excluding hydrogens is 258 g/mol. The predicted molar refractivity (Wildman–Crippen MR) is 75.5 cm³/mol.